The molecule has 0 radical (unpaired) electrons. The molecule has 0 saturated heterocycles. The van der Waals surface area contributed by atoms with Crippen LogP contribution in [0.3, 0.4) is 0 Å². The molecule has 0 fully saturated rings. The monoisotopic (exact) mass is 334 g/mol. The molecule has 0 atom stereocenters. The molecular weight excluding hydrogens is 322 g/mol. The average Bonchev–Trinajstić information content (AvgIpc) is 2.85. The molecule has 1 aromatic heterocycles. The number of ether oxygens (including phenoxy) is 1. The molecular formula is C11H12F2N4O2S2. The van der Waals surface area contributed by atoms with E-state index < -0.39 is 24.5 Å². The Morgan fingerprint density at radius 1 is 1.67 bits per heavy atom. The maximum atomic E-state index is 12.8. The van der Waals surface area contributed by atoms with Gasteiger partial charge in [-0.25, -0.2) is 8.78 Å². The van der Waals surface area contributed by atoms with Gasteiger partial charge in [0.05, 0.1) is 13.0 Å². The topological polar surface area (TPSA) is 87.4 Å². The Labute approximate surface area is 128 Å². The van der Waals surface area contributed by atoms with Gasteiger partial charge in [-0.1, -0.05) is 0 Å². The number of carbonyl (C=O) groups is 1. The van der Waals surface area contributed by atoms with E-state index in [0.29, 0.717) is 5.03 Å². The van der Waals surface area contributed by atoms with E-state index in [-0.39, 0.29) is 17.2 Å². The van der Waals surface area contributed by atoms with Crippen molar-refractivity contribution in [2.45, 2.75) is 24.8 Å². The lowest BCUT2D eigenvalue weighted by atomic mass is 10.3. The first-order chi connectivity index (χ1) is 10.0. The smallest absolute Gasteiger partial charge is 0.311 e. The molecule has 1 rings (SSSR count). The van der Waals surface area contributed by atoms with Crippen molar-refractivity contribution in [1.82, 2.24) is 4.37 Å². The van der Waals surface area contributed by atoms with Gasteiger partial charge in [0, 0.05) is 0 Å². The van der Waals surface area contributed by atoms with Crippen LogP contribution in [0.2, 0.25) is 0 Å². The molecule has 0 aliphatic carbocycles. The third-order valence-electron chi connectivity index (χ3n) is 2.15. The van der Waals surface area contributed by atoms with Crippen molar-refractivity contribution in [3.05, 3.63) is 5.56 Å². The Bertz CT molecular complexity index is 569. The van der Waals surface area contributed by atoms with Gasteiger partial charge in [0.25, 0.3) is 6.43 Å². The van der Waals surface area contributed by atoms with Gasteiger partial charge in [0.15, 0.2) is 0 Å². The number of thioether (sulfide) groups is 1. The van der Waals surface area contributed by atoms with Gasteiger partial charge in [0.2, 0.25) is 0 Å². The molecule has 0 aliphatic rings. The molecule has 0 amide bonds. The summed E-state index contributed by atoms with van der Waals surface area (Å²) in [5.74, 6) is -0.784. The lowest BCUT2D eigenvalue weighted by Crippen LogP contribution is -2.19. The summed E-state index contributed by atoms with van der Waals surface area (Å²) in [5.41, 5.74) is 1.95. The van der Waals surface area contributed by atoms with Crippen molar-refractivity contribution in [2.24, 2.45) is 5.10 Å². The summed E-state index contributed by atoms with van der Waals surface area (Å²) in [6, 6.07) is 1.93. The number of hydrogen-bond donors (Lipinski definition) is 1. The molecule has 1 heterocycles. The summed E-state index contributed by atoms with van der Waals surface area (Å²) < 4.78 is 34.2. The van der Waals surface area contributed by atoms with Gasteiger partial charge in [-0.05, 0) is 24.7 Å². The van der Waals surface area contributed by atoms with Gasteiger partial charge >= 0.3 is 5.97 Å². The Kier molecular flexibility index (Phi) is 7.04. The zero-order chi connectivity index (χ0) is 15.8. The van der Waals surface area contributed by atoms with E-state index in [2.05, 4.69) is 19.6 Å². The minimum Gasteiger partial charge on any atom is -0.466 e. The first-order valence-corrected chi connectivity index (χ1v) is 7.73. The van der Waals surface area contributed by atoms with Crippen molar-refractivity contribution < 1.29 is 18.3 Å². The molecule has 0 bridgehead atoms. The van der Waals surface area contributed by atoms with E-state index in [1.807, 2.05) is 6.07 Å². The quantitative estimate of drug-likeness (QED) is 0.357. The predicted octanol–water partition coefficient (Wildman–Crippen LogP) is 2.72. The molecule has 0 saturated carbocycles. The molecule has 0 spiro atoms. The predicted molar refractivity (Wildman–Crippen MR) is 76.9 cm³/mol. The van der Waals surface area contributed by atoms with E-state index in [9.17, 15) is 13.6 Å². The van der Waals surface area contributed by atoms with Gasteiger partial charge in [-0.3, -0.25) is 10.2 Å². The van der Waals surface area contributed by atoms with Crippen LogP contribution in [0.4, 0.5) is 13.8 Å². The van der Waals surface area contributed by atoms with E-state index >= 15 is 0 Å². The normalized spacial score (nSPS) is 11.3. The van der Waals surface area contributed by atoms with E-state index in [1.165, 1.54) is 11.8 Å². The van der Waals surface area contributed by atoms with Crippen LogP contribution in [0.1, 0.15) is 18.9 Å². The fourth-order valence-corrected chi connectivity index (χ4v) is 2.65. The number of anilines is 1. The van der Waals surface area contributed by atoms with Crippen molar-refractivity contribution in [3.63, 3.8) is 0 Å². The summed E-state index contributed by atoms with van der Waals surface area (Å²) in [6.45, 7) is 1.68. The molecule has 1 aromatic rings. The number of nitriles is 1. The summed E-state index contributed by atoms with van der Waals surface area (Å²) in [4.78, 5) is 11.2. The third-order valence-corrected chi connectivity index (χ3v) is 3.70. The number of hydrazone groups is 1. The zero-order valence-electron chi connectivity index (χ0n) is 11.2. The standard InChI is InChI=1S/C11H12F2N4O2S2/c1-3-19-8(18)4-7(9(12)13)15-16-10-6(5-14)11(20-2)17-21-10/h9,16H,3-4H2,1-2H3. The largest absolute Gasteiger partial charge is 0.466 e. The van der Waals surface area contributed by atoms with Gasteiger partial charge in [-0.2, -0.15) is 14.7 Å². The van der Waals surface area contributed by atoms with Crippen molar-refractivity contribution in [3.8, 4) is 6.07 Å². The molecule has 10 heteroatoms. The molecule has 0 aromatic carbocycles. The molecule has 21 heavy (non-hydrogen) atoms. The number of hydrogen-bond acceptors (Lipinski definition) is 8. The highest BCUT2D eigenvalue weighted by Crippen LogP contribution is 2.29. The minimum atomic E-state index is -2.90. The first-order valence-electron chi connectivity index (χ1n) is 5.73. The summed E-state index contributed by atoms with van der Waals surface area (Å²) in [6.07, 6.45) is -1.77. The maximum absolute atomic E-state index is 12.8. The number of esters is 1. The second-order valence-corrected chi connectivity index (χ2v) is 5.07. The number of nitrogens with one attached hydrogen (secondary N) is 1. The highest BCUT2D eigenvalue weighted by atomic mass is 32.2. The third kappa shape index (κ3) is 4.95. The van der Waals surface area contributed by atoms with Crippen LogP contribution in [-0.2, 0) is 9.53 Å². The second kappa shape index (κ2) is 8.53. The molecule has 6 nitrogen and oxygen atoms in total. The Balaban J connectivity index is 2.86. The zero-order valence-corrected chi connectivity index (χ0v) is 12.9. The summed E-state index contributed by atoms with van der Waals surface area (Å²) in [7, 11) is 0. The van der Waals surface area contributed by atoms with Crippen LogP contribution >= 0.6 is 23.3 Å². The Morgan fingerprint density at radius 2 is 2.38 bits per heavy atom. The Morgan fingerprint density at radius 3 is 2.90 bits per heavy atom. The minimum absolute atomic E-state index is 0.104. The number of halogens is 2. The molecule has 0 unspecified atom stereocenters. The van der Waals surface area contributed by atoms with Crippen LogP contribution in [-0.4, -0.2) is 35.3 Å². The fraction of sp³-hybridized carbons (Fsp3) is 0.455. The van der Waals surface area contributed by atoms with E-state index in [0.717, 1.165) is 11.5 Å². The summed E-state index contributed by atoms with van der Waals surface area (Å²) in [5, 5.41) is 13.2. The summed E-state index contributed by atoms with van der Waals surface area (Å²) >= 11 is 2.20. The number of aromatic nitrogens is 1. The number of rotatable bonds is 7. The van der Waals surface area contributed by atoms with Crippen LogP contribution in [0, 0.1) is 11.3 Å². The first kappa shape index (κ1) is 17.3. The van der Waals surface area contributed by atoms with Gasteiger partial charge in [0.1, 0.15) is 27.4 Å². The highest BCUT2D eigenvalue weighted by Gasteiger charge is 2.19. The van der Waals surface area contributed by atoms with Crippen molar-refractivity contribution >= 4 is 40.0 Å². The second-order valence-electron chi connectivity index (χ2n) is 3.51. The Hall–Kier alpha value is -1.73. The van der Waals surface area contributed by atoms with Crippen LogP contribution in [0.5, 0.6) is 0 Å². The average molecular weight is 334 g/mol. The lowest BCUT2D eigenvalue weighted by Gasteiger charge is -2.05. The van der Waals surface area contributed by atoms with Crippen LogP contribution in [0.15, 0.2) is 10.1 Å². The van der Waals surface area contributed by atoms with Crippen molar-refractivity contribution in [1.29, 1.82) is 5.26 Å². The van der Waals surface area contributed by atoms with Crippen LogP contribution < -0.4 is 5.43 Å². The highest BCUT2D eigenvalue weighted by molar-refractivity contribution is 7.98. The molecule has 1 N–H and O–H groups in total. The maximum Gasteiger partial charge on any atom is 0.311 e. The van der Waals surface area contributed by atoms with Gasteiger partial charge in [-0.15, -0.1) is 11.8 Å². The van der Waals surface area contributed by atoms with Crippen LogP contribution in [0.25, 0.3) is 0 Å². The number of alkyl halides is 2. The molecule has 0 aliphatic heterocycles. The lowest BCUT2D eigenvalue weighted by molar-refractivity contribution is -0.141. The fourth-order valence-electron chi connectivity index (χ4n) is 1.24. The number of carbonyl (C=O) groups excluding carboxylic acids is 1. The SMILES string of the molecule is CCOC(=O)CC(=NNc1snc(SC)c1C#N)C(F)F. The van der Waals surface area contributed by atoms with E-state index in [4.69, 9.17) is 5.26 Å². The van der Waals surface area contributed by atoms with E-state index in [1.54, 1.807) is 13.2 Å². The van der Waals surface area contributed by atoms with Crippen molar-refractivity contribution in [2.75, 3.05) is 18.3 Å². The molecule has 114 valence electrons. The van der Waals surface area contributed by atoms with Gasteiger partial charge < -0.3 is 4.74 Å². The number of nitrogens with zero attached hydrogens (tertiary/aromatic N) is 3.